The molecule has 6 heteroatoms. The highest BCUT2D eigenvalue weighted by atomic mass is 16.5. The Balaban J connectivity index is 3.03. The molecule has 0 saturated heterocycles. The van der Waals surface area contributed by atoms with Crippen molar-refractivity contribution in [2.24, 2.45) is 0 Å². The lowest BCUT2D eigenvalue weighted by atomic mass is 10.3. The summed E-state index contributed by atoms with van der Waals surface area (Å²) in [7, 11) is 2.60. The fourth-order valence-electron chi connectivity index (χ4n) is 1.69. The fraction of sp³-hybridized carbons (Fsp3) is 0.333. The Bertz CT molecular complexity index is 575. The fourth-order valence-corrected chi connectivity index (χ4v) is 1.69. The predicted octanol–water partition coefficient (Wildman–Crippen LogP) is 3.38. The molecule has 0 saturated carbocycles. The molecular weight excluding hydrogens is 312 g/mol. The van der Waals surface area contributed by atoms with Crippen LogP contribution in [0.15, 0.2) is 47.9 Å². The Morgan fingerprint density at radius 3 is 1.50 bits per heavy atom. The predicted molar refractivity (Wildman–Crippen MR) is 88.5 cm³/mol. The molecule has 0 aliphatic carbocycles. The van der Waals surface area contributed by atoms with Crippen molar-refractivity contribution in [1.82, 2.24) is 0 Å². The van der Waals surface area contributed by atoms with Crippen LogP contribution in [0.1, 0.15) is 26.7 Å². The Labute approximate surface area is 141 Å². The average molecular weight is 334 g/mol. The molecule has 0 N–H and O–H groups in total. The number of hydrogen-bond donors (Lipinski definition) is 0. The number of esters is 2. The van der Waals surface area contributed by atoms with Crippen LogP contribution >= 0.6 is 0 Å². The van der Waals surface area contributed by atoms with Crippen LogP contribution in [0.25, 0.3) is 0 Å². The second-order valence-corrected chi connectivity index (χ2v) is 4.63. The lowest BCUT2D eigenvalue weighted by molar-refractivity contribution is -0.135. The molecule has 0 heterocycles. The Hall–Kier alpha value is -2.76. The number of carbonyl (C=O) groups is 2. The van der Waals surface area contributed by atoms with Crippen LogP contribution in [-0.4, -0.2) is 26.2 Å². The van der Waals surface area contributed by atoms with E-state index in [0.717, 1.165) is 0 Å². The van der Waals surface area contributed by atoms with Gasteiger partial charge in [0.2, 0.25) is 0 Å². The van der Waals surface area contributed by atoms with Gasteiger partial charge in [0, 0.05) is 12.8 Å². The number of para-hydroxylation sites is 2. The molecule has 0 radical (unpaired) electrons. The highest BCUT2D eigenvalue weighted by Crippen LogP contribution is 2.30. The first-order valence-corrected chi connectivity index (χ1v) is 7.55. The van der Waals surface area contributed by atoms with Gasteiger partial charge in [-0.15, -0.1) is 0 Å². The SMILES string of the molecule is CCC(=CC(=O)OC)Oc1ccccc1OC(=CC(=O)OC)CC. The lowest BCUT2D eigenvalue weighted by Crippen LogP contribution is -2.04. The van der Waals surface area contributed by atoms with E-state index in [-0.39, 0.29) is 0 Å². The van der Waals surface area contributed by atoms with E-state index in [2.05, 4.69) is 9.47 Å². The van der Waals surface area contributed by atoms with E-state index in [0.29, 0.717) is 35.9 Å². The minimum atomic E-state index is -0.495. The van der Waals surface area contributed by atoms with Gasteiger partial charge in [-0.2, -0.15) is 0 Å². The molecular formula is C18H22O6. The number of rotatable bonds is 8. The van der Waals surface area contributed by atoms with Crippen LogP contribution in [0, 0.1) is 0 Å². The molecule has 1 aromatic carbocycles. The van der Waals surface area contributed by atoms with Crippen LogP contribution in [0.3, 0.4) is 0 Å². The van der Waals surface area contributed by atoms with E-state index >= 15 is 0 Å². The quantitative estimate of drug-likeness (QED) is 0.412. The summed E-state index contributed by atoms with van der Waals surface area (Å²) in [6, 6.07) is 6.98. The van der Waals surface area contributed by atoms with Crippen LogP contribution < -0.4 is 9.47 Å². The van der Waals surface area contributed by atoms with Gasteiger partial charge in [-0.25, -0.2) is 9.59 Å². The molecule has 0 bridgehead atoms. The summed E-state index contributed by atoms with van der Waals surface area (Å²) in [6.07, 6.45) is 3.56. The van der Waals surface area contributed by atoms with Gasteiger partial charge >= 0.3 is 11.9 Å². The molecule has 0 unspecified atom stereocenters. The van der Waals surface area contributed by atoms with Crippen molar-refractivity contribution in [1.29, 1.82) is 0 Å². The minimum absolute atomic E-state index is 0.429. The Kier molecular flexibility index (Phi) is 8.11. The number of allylic oxidation sites excluding steroid dienone is 2. The summed E-state index contributed by atoms with van der Waals surface area (Å²) in [6.45, 7) is 3.71. The maximum atomic E-state index is 11.4. The topological polar surface area (TPSA) is 71.1 Å². The molecule has 1 rings (SSSR count). The number of carbonyl (C=O) groups excluding carboxylic acids is 2. The van der Waals surface area contributed by atoms with Gasteiger partial charge in [0.05, 0.1) is 26.4 Å². The molecule has 0 spiro atoms. The zero-order chi connectivity index (χ0) is 17.9. The van der Waals surface area contributed by atoms with Gasteiger partial charge in [-0.1, -0.05) is 26.0 Å². The second kappa shape index (κ2) is 10.1. The highest BCUT2D eigenvalue weighted by Gasteiger charge is 2.11. The average Bonchev–Trinajstić information content (AvgIpc) is 2.61. The first kappa shape index (κ1) is 19.3. The van der Waals surface area contributed by atoms with Gasteiger partial charge in [-0.3, -0.25) is 0 Å². The van der Waals surface area contributed by atoms with Gasteiger partial charge in [0.25, 0.3) is 0 Å². The van der Waals surface area contributed by atoms with Crippen molar-refractivity contribution in [3.05, 3.63) is 47.9 Å². The maximum Gasteiger partial charge on any atom is 0.333 e. The van der Waals surface area contributed by atoms with Gasteiger partial charge in [-0.05, 0) is 12.1 Å². The summed E-state index contributed by atoms with van der Waals surface area (Å²) >= 11 is 0. The third-order valence-corrected chi connectivity index (χ3v) is 2.99. The smallest absolute Gasteiger partial charge is 0.333 e. The van der Waals surface area contributed by atoms with Crippen molar-refractivity contribution < 1.29 is 28.5 Å². The molecule has 24 heavy (non-hydrogen) atoms. The first-order valence-electron chi connectivity index (χ1n) is 7.55. The zero-order valence-electron chi connectivity index (χ0n) is 14.3. The molecule has 0 aliphatic rings. The summed E-state index contributed by atoms with van der Waals surface area (Å²) in [4.78, 5) is 22.7. The normalized spacial score (nSPS) is 11.7. The van der Waals surface area contributed by atoms with E-state index in [1.54, 1.807) is 24.3 Å². The third kappa shape index (κ3) is 6.16. The summed E-state index contributed by atoms with van der Waals surface area (Å²) in [5.74, 6) is 0.744. The first-order chi connectivity index (χ1) is 11.5. The number of hydrogen-bond acceptors (Lipinski definition) is 6. The lowest BCUT2D eigenvalue weighted by Gasteiger charge is -2.14. The monoisotopic (exact) mass is 334 g/mol. The zero-order valence-corrected chi connectivity index (χ0v) is 14.3. The van der Waals surface area contributed by atoms with E-state index in [4.69, 9.17) is 9.47 Å². The van der Waals surface area contributed by atoms with Crippen molar-refractivity contribution in [2.45, 2.75) is 26.7 Å². The van der Waals surface area contributed by atoms with Gasteiger partial charge < -0.3 is 18.9 Å². The molecule has 0 amide bonds. The number of benzene rings is 1. The van der Waals surface area contributed by atoms with Crippen LogP contribution in [-0.2, 0) is 19.1 Å². The van der Waals surface area contributed by atoms with Crippen molar-refractivity contribution in [2.75, 3.05) is 14.2 Å². The molecule has 0 aliphatic heterocycles. The highest BCUT2D eigenvalue weighted by molar-refractivity contribution is 5.82. The van der Waals surface area contributed by atoms with Crippen LogP contribution in [0.5, 0.6) is 11.5 Å². The largest absolute Gasteiger partial charge is 0.466 e. The summed E-state index contributed by atoms with van der Waals surface area (Å²) < 4.78 is 20.7. The van der Waals surface area contributed by atoms with Crippen LogP contribution in [0.4, 0.5) is 0 Å². The number of methoxy groups -OCH3 is 2. The van der Waals surface area contributed by atoms with Crippen molar-refractivity contribution >= 4 is 11.9 Å². The number of ether oxygens (including phenoxy) is 4. The third-order valence-electron chi connectivity index (χ3n) is 2.99. The van der Waals surface area contributed by atoms with E-state index in [9.17, 15) is 9.59 Å². The van der Waals surface area contributed by atoms with E-state index in [1.807, 2.05) is 13.8 Å². The molecule has 6 nitrogen and oxygen atoms in total. The maximum absolute atomic E-state index is 11.4. The molecule has 130 valence electrons. The molecule has 1 aromatic rings. The standard InChI is InChI=1S/C18H22O6/c1-5-13(11-17(19)21-3)23-15-9-7-8-10-16(15)24-14(6-2)12-18(20)22-4/h7-12H,5-6H2,1-4H3. The molecule has 0 fully saturated rings. The second-order valence-electron chi connectivity index (χ2n) is 4.63. The Morgan fingerprint density at radius 2 is 1.21 bits per heavy atom. The summed E-state index contributed by atoms with van der Waals surface area (Å²) in [5.41, 5.74) is 0. The van der Waals surface area contributed by atoms with Crippen LogP contribution in [0.2, 0.25) is 0 Å². The van der Waals surface area contributed by atoms with Gasteiger partial charge in [0.15, 0.2) is 11.5 Å². The molecule has 0 aromatic heterocycles. The minimum Gasteiger partial charge on any atom is -0.466 e. The van der Waals surface area contributed by atoms with Crippen molar-refractivity contribution in [3.8, 4) is 11.5 Å². The molecule has 0 atom stereocenters. The Morgan fingerprint density at radius 1 is 0.833 bits per heavy atom. The van der Waals surface area contributed by atoms with Gasteiger partial charge in [0.1, 0.15) is 11.5 Å². The summed E-state index contributed by atoms with van der Waals surface area (Å²) in [5, 5.41) is 0. The van der Waals surface area contributed by atoms with E-state index < -0.39 is 11.9 Å². The van der Waals surface area contributed by atoms with E-state index in [1.165, 1.54) is 26.4 Å². The van der Waals surface area contributed by atoms with Crippen molar-refractivity contribution in [3.63, 3.8) is 0 Å².